The van der Waals surface area contributed by atoms with Crippen molar-refractivity contribution in [1.29, 1.82) is 0 Å². The van der Waals surface area contributed by atoms with Crippen LogP contribution < -0.4 is 0 Å². The van der Waals surface area contributed by atoms with E-state index in [1.165, 1.54) is 27.8 Å². The number of ether oxygens (including phenoxy) is 7. The Bertz CT molecular complexity index is 997. The molecule has 1 aliphatic rings. The largest absolute Gasteiger partial charge is 0.382 e. The number of nitrogens with zero attached hydrogens (tertiary/aromatic N) is 1. The van der Waals surface area contributed by atoms with E-state index >= 15 is 0 Å². The van der Waals surface area contributed by atoms with Crippen molar-refractivity contribution in [2.45, 2.75) is 18.9 Å². The van der Waals surface area contributed by atoms with E-state index < -0.39 is 0 Å². The molecule has 8 heteroatoms. The van der Waals surface area contributed by atoms with Gasteiger partial charge in [-0.15, -0.1) is 0 Å². The van der Waals surface area contributed by atoms with Gasteiger partial charge in [0.25, 0.3) is 0 Å². The lowest BCUT2D eigenvalue weighted by atomic mass is 9.93. The average Bonchev–Trinajstić information content (AvgIpc) is 3.11. The summed E-state index contributed by atoms with van der Waals surface area (Å²) in [5, 5.41) is 0. The lowest BCUT2D eigenvalue weighted by Gasteiger charge is -2.19. The van der Waals surface area contributed by atoms with E-state index in [-0.39, 0.29) is 6.10 Å². The van der Waals surface area contributed by atoms with Crippen molar-refractivity contribution < 1.29 is 33.2 Å². The van der Waals surface area contributed by atoms with Gasteiger partial charge in [-0.25, -0.2) is 0 Å². The Hall–Kier alpha value is -2.14. The molecule has 8 nitrogen and oxygen atoms in total. The molecule has 0 amide bonds. The molecule has 2 aromatic carbocycles. The summed E-state index contributed by atoms with van der Waals surface area (Å²) in [6.07, 6.45) is 4.20. The summed E-state index contributed by atoms with van der Waals surface area (Å²) in [5.41, 5.74) is 6.43. The quantitative estimate of drug-likeness (QED) is 0.193. The van der Waals surface area contributed by atoms with E-state index in [0.717, 1.165) is 19.4 Å². The van der Waals surface area contributed by atoms with E-state index in [2.05, 4.69) is 73.6 Å². The Kier molecular flexibility index (Phi) is 16.8. The van der Waals surface area contributed by atoms with Crippen LogP contribution in [-0.4, -0.2) is 112 Å². The van der Waals surface area contributed by atoms with Crippen LogP contribution in [0.15, 0.2) is 54.6 Å². The highest BCUT2D eigenvalue weighted by Crippen LogP contribution is 2.39. The maximum absolute atomic E-state index is 6.42. The van der Waals surface area contributed by atoms with Crippen LogP contribution in [-0.2, 0) is 39.6 Å². The van der Waals surface area contributed by atoms with Gasteiger partial charge in [0.05, 0.1) is 85.4 Å². The van der Waals surface area contributed by atoms with Crippen LogP contribution in [0.1, 0.15) is 34.8 Å². The number of fused-ring (bicyclic) bond motifs is 2. The number of benzene rings is 2. The molecule has 0 N–H and O–H groups in total. The first-order valence-electron chi connectivity index (χ1n) is 14.7. The van der Waals surface area contributed by atoms with Crippen molar-refractivity contribution in [1.82, 2.24) is 4.90 Å². The molecule has 3 rings (SSSR count). The molecule has 0 unspecified atom stereocenters. The fraction of sp³-hybridized carbons (Fsp3) is 0.576. The minimum absolute atomic E-state index is 0.0174. The molecule has 0 aromatic heterocycles. The first kappa shape index (κ1) is 33.4. The molecular formula is C33H49NO7. The van der Waals surface area contributed by atoms with Crippen LogP contribution in [0, 0.1) is 0 Å². The molecule has 0 saturated heterocycles. The number of rotatable bonds is 22. The summed E-state index contributed by atoms with van der Waals surface area (Å²) >= 11 is 0. The van der Waals surface area contributed by atoms with Gasteiger partial charge in [0.1, 0.15) is 0 Å². The van der Waals surface area contributed by atoms with Crippen molar-refractivity contribution in [3.63, 3.8) is 0 Å². The molecule has 0 bridgehead atoms. The van der Waals surface area contributed by atoms with Gasteiger partial charge in [-0.1, -0.05) is 54.6 Å². The Morgan fingerprint density at radius 2 is 1.17 bits per heavy atom. The van der Waals surface area contributed by atoms with Gasteiger partial charge < -0.3 is 38.1 Å². The third-order valence-electron chi connectivity index (χ3n) is 6.70. The van der Waals surface area contributed by atoms with E-state index in [1.807, 2.05) is 0 Å². The van der Waals surface area contributed by atoms with Gasteiger partial charge >= 0.3 is 0 Å². The normalized spacial score (nSPS) is 15.7. The van der Waals surface area contributed by atoms with Crippen LogP contribution in [0.5, 0.6) is 0 Å². The zero-order valence-corrected chi connectivity index (χ0v) is 25.2. The maximum atomic E-state index is 6.42. The summed E-state index contributed by atoms with van der Waals surface area (Å²) in [6, 6.07) is 17.4. The highest BCUT2D eigenvalue weighted by atomic mass is 16.6. The molecule has 228 valence electrons. The van der Waals surface area contributed by atoms with Crippen LogP contribution >= 0.6 is 0 Å². The van der Waals surface area contributed by atoms with Crippen LogP contribution in [0.2, 0.25) is 0 Å². The lowest BCUT2D eigenvalue weighted by Crippen LogP contribution is -2.15. The van der Waals surface area contributed by atoms with E-state index in [0.29, 0.717) is 79.3 Å². The van der Waals surface area contributed by atoms with E-state index in [9.17, 15) is 0 Å². The SMILES string of the molecule is COCCOCCOCCOCCOCCOCCO[C@@H]1Cc2ccccc2/C(=C/CCN(C)C)c2ccccc21. The van der Waals surface area contributed by atoms with Gasteiger partial charge in [-0.3, -0.25) is 0 Å². The second kappa shape index (κ2) is 20.7. The molecule has 0 fully saturated rings. The molecule has 1 atom stereocenters. The average molecular weight is 572 g/mol. The maximum Gasteiger partial charge on any atom is 0.0872 e. The van der Waals surface area contributed by atoms with E-state index in [1.54, 1.807) is 7.11 Å². The minimum Gasteiger partial charge on any atom is -0.382 e. The number of hydrogen-bond acceptors (Lipinski definition) is 8. The van der Waals surface area contributed by atoms with Crippen molar-refractivity contribution >= 4 is 5.57 Å². The van der Waals surface area contributed by atoms with Crippen molar-refractivity contribution in [2.75, 3.05) is 107 Å². The second-order valence-corrected chi connectivity index (χ2v) is 10.1. The molecule has 2 aromatic rings. The number of hydrogen-bond donors (Lipinski definition) is 0. The predicted octanol–water partition coefficient (Wildman–Crippen LogP) is 4.41. The van der Waals surface area contributed by atoms with Gasteiger partial charge in [0, 0.05) is 20.1 Å². The van der Waals surface area contributed by atoms with Crippen molar-refractivity contribution in [3.05, 3.63) is 76.9 Å². The molecule has 0 saturated carbocycles. The highest BCUT2D eigenvalue weighted by Gasteiger charge is 2.25. The fourth-order valence-corrected chi connectivity index (χ4v) is 4.65. The monoisotopic (exact) mass is 571 g/mol. The summed E-state index contributed by atoms with van der Waals surface area (Å²) in [6.45, 7) is 7.58. The summed E-state index contributed by atoms with van der Waals surface area (Å²) in [5.74, 6) is 0. The van der Waals surface area contributed by atoms with Gasteiger partial charge in [0.15, 0.2) is 0 Å². The first-order chi connectivity index (χ1) is 20.2. The predicted molar refractivity (Wildman–Crippen MR) is 162 cm³/mol. The van der Waals surface area contributed by atoms with Gasteiger partial charge in [0.2, 0.25) is 0 Å². The summed E-state index contributed by atoms with van der Waals surface area (Å²) < 4.78 is 39.0. The van der Waals surface area contributed by atoms with Crippen LogP contribution in [0.25, 0.3) is 5.57 Å². The van der Waals surface area contributed by atoms with Gasteiger partial charge in [-0.2, -0.15) is 0 Å². The van der Waals surface area contributed by atoms with Crippen molar-refractivity contribution in [3.8, 4) is 0 Å². The molecule has 0 heterocycles. The highest BCUT2D eigenvalue weighted by molar-refractivity contribution is 5.84. The summed E-state index contributed by atoms with van der Waals surface area (Å²) in [4.78, 5) is 2.22. The Morgan fingerprint density at radius 3 is 1.76 bits per heavy atom. The third kappa shape index (κ3) is 12.7. The third-order valence-corrected chi connectivity index (χ3v) is 6.70. The summed E-state index contributed by atoms with van der Waals surface area (Å²) in [7, 11) is 5.88. The Morgan fingerprint density at radius 1 is 0.659 bits per heavy atom. The lowest BCUT2D eigenvalue weighted by molar-refractivity contribution is -0.0266. The van der Waals surface area contributed by atoms with Crippen LogP contribution in [0.3, 0.4) is 0 Å². The fourth-order valence-electron chi connectivity index (χ4n) is 4.65. The topological polar surface area (TPSA) is 67.9 Å². The molecule has 0 spiro atoms. The molecule has 0 aliphatic heterocycles. The first-order valence-corrected chi connectivity index (χ1v) is 14.7. The second-order valence-electron chi connectivity index (χ2n) is 10.1. The van der Waals surface area contributed by atoms with Crippen molar-refractivity contribution in [2.24, 2.45) is 0 Å². The zero-order valence-electron chi connectivity index (χ0n) is 25.2. The minimum atomic E-state index is -0.0174. The van der Waals surface area contributed by atoms with E-state index in [4.69, 9.17) is 33.2 Å². The molecule has 1 aliphatic carbocycles. The smallest absolute Gasteiger partial charge is 0.0872 e. The Balaban J connectivity index is 1.32. The standard InChI is InChI=1S/C33H49NO7/c1-34(2)14-8-13-30-29-10-5-4-9-28(29)27-33(32-12-7-6-11-31(30)32)41-26-25-40-24-23-39-22-21-38-20-19-37-18-17-36-16-15-35-3/h4-7,9-13,33H,8,14-27H2,1-3H3/b30-13-/t33-/m1/s1. The molecular weight excluding hydrogens is 522 g/mol. The molecule has 0 radical (unpaired) electrons. The zero-order chi connectivity index (χ0) is 29.0. The number of methoxy groups -OCH3 is 1. The Labute approximate surface area is 246 Å². The van der Waals surface area contributed by atoms with Crippen LogP contribution in [0.4, 0.5) is 0 Å². The van der Waals surface area contributed by atoms with Gasteiger partial charge in [-0.05, 0) is 48.3 Å². The molecule has 41 heavy (non-hydrogen) atoms.